The Bertz CT molecular complexity index is 750. The Morgan fingerprint density at radius 1 is 1.25 bits per heavy atom. The van der Waals surface area contributed by atoms with Gasteiger partial charge in [-0.05, 0) is 56.5 Å². The topological polar surface area (TPSA) is 66.4 Å². The molecular formula is C18H20FNO3S. The third kappa shape index (κ3) is 4.20. The summed E-state index contributed by atoms with van der Waals surface area (Å²) in [5.41, 5.74) is 0.880. The number of halogens is 1. The van der Waals surface area contributed by atoms with Crippen molar-refractivity contribution >= 4 is 23.2 Å². The smallest absolute Gasteiger partial charge is 0.309 e. The molecule has 0 bridgehead atoms. The number of benzene rings is 1. The molecule has 0 saturated heterocycles. The molecule has 0 aliphatic heterocycles. The van der Waals surface area contributed by atoms with Gasteiger partial charge in [0.2, 0.25) is 0 Å². The lowest BCUT2D eigenvalue weighted by Gasteiger charge is -2.18. The summed E-state index contributed by atoms with van der Waals surface area (Å²) in [6, 6.07) is 7.92. The average molecular weight is 349 g/mol. The van der Waals surface area contributed by atoms with Gasteiger partial charge in [-0.1, -0.05) is 12.1 Å². The number of thiophene rings is 1. The zero-order valence-corrected chi connectivity index (χ0v) is 14.7. The number of carbonyl (C=O) groups is 2. The highest BCUT2D eigenvalue weighted by molar-refractivity contribution is 7.14. The van der Waals surface area contributed by atoms with E-state index >= 15 is 0 Å². The fourth-order valence-electron chi connectivity index (χ4n) is 2.19. The largest absolute Gasteiger partial charge is 0.481 e. The number of nitrogens with one attached hydrogen (secondary N) is 1. The van der Waals surface area contributed by atoms with Gasteiger partial charge in [-0.25, -0.2) is 4.39 Å². The van der Waals surface area contributed by atoms with Gasteiger partial charge in [0.1, 0.15) is 5.82 Å². The van der Waals surface area contributed by atoms with Gasteiger partial charge in [-0.2, -0.15) is 0 Å². The van der Waals surface area contributed by atoms with E-state index < -0.39 is 11.4 Å². The third-order valence-electron chi connectivity index (χ3n) is 3.91. The first kappa shape index (κ1) is 18.1. The molecule has 24 heavy (non-hydrogen) atoms. The summed E-state index contributed by atoms with van der Waals surface area (Å²) in [4.78, 5) is 24.8. The Morgan fingerprint density at radius 3 is 2.46 bits per heavy atom. The normalized spacial score (nSPS) is 11.3. The lowest BCUT2D eigenvalue weighted by Crippen LogP contribution is -2.31. The van der Waals surface area contributed by atoms with Gasteiger partial charge in [0.05, 0.1) is 10.3 Å². The van der Waals surface area contributed by atoms with E-state index in [9.17, 15) is 14.0 Å². The van der Waals surface area contributed by atoms with Crippen molar-refractivity contribution in [3.05, 3.63) is 45.9 Å². The second-order valence-corrected chi connectivity index (χ2v) is 7.54. The van der Waals surface area contributed by atoms with Gasteiger partial charge < -0.3 is 10.4 Å². The number of carbonyl (C=O) groups excluding carboxylic acids is 1. The van der Waals surface area contributed by atoms with Crippen LogP contribution in [0.5, 0.6) is 0 Å². The molecule has 128 valence electrons. The second kappa shape index (κ2) is 7.13. The minimum absolute atomic E-state index is 0.224. The summed E-state index contributed by atoms with van der Waals surface area (Å²) in [7, 11) is 0. The Hall–Kier alpha value is -2.21. The van der Waals surface area contributed by atoms with E-state index in [4.69, 9.17) is 5.11 Å². The number of carboxylic acid groups (broad SMARTS) is 1. The van der Waals surface area contributed by atoms with Crippen LogP contribution in [0.4, 0.5) is 4.39 Å². The van der Waals surface area contributed by atoms with Crippen molar-refractivity contribution in [3.8, 4) is 11.1 Å². The lowest BCUT2D eigenvalue weighted by molar-refractivity contribution is -0.147. The first-order chi connectivity index (χ1) is 11.2. The minimum Gasteiger partial charge on any atom is -0.481 e. The molecule has 1 aromatic carbocycles. The molecule has 0 unspecified atom stereocenters. The molecule has 4 nitrogen and oxygen atoms in total. The number of amides is 1. The molecule has 6 heteroatoms. The Balaban J connectivity index is 2.05. The Morgan fingerprint density at radius 2 is 1.88 bits per heavy atom. The maximum atomic E-state index is 13.0. The number of hydrogen-bond donors (Lipinski definition) is 2. The van der Waals surface area contributed by atoms with Crippen LogP contribution in [-0.2, 0) is 4.79 Å². The predicted molar refractivity (Wildman–Crippen MR) is 92.8 cm³/mol. The maximum Gasteiger partial charge on any atom is 0.309 e. The van der Waals surface area contributed by atoms with E-state index in [1.807, 2.05) is 6.92 Å². The molecule has 0 saturated carbocycles. The second-order valence-electron chi connectivity index (χ2n) is 6.28. The van der Waals surface area contributed by atoms with E-state index in [0.717, 1.165) is 16.0 Å². The first-order valence-electron chi connectivity index (χ1n) is 7.58. The van der Waals surface area contributed by atoms with E-state index in [1.165, 1.54) is 23.5 Å². The highest BCUT2D eigenvalue weighted by Gasteiger charge is 2.26. The summed E-state index contributed by atoms with van der Waals surface area (Å²) >= 11 is 1.36. The van der Waals surface area contributed by atoms with Crippen molar-refractivity contribution in [2.75, 3.05) is 6.54 Å². The molecule has 2 rings (SSSR count). The zero-order chi connectivity index (χ0) is 17.9. The van der Waals surface area contributed by atoms with Crippen LogP contribution in [0.25, 0.3) is 11.1 Å². The van der Waals surface area contributed by atoms with Gasteiger partial charge >= 0.3 is 5.97 Å². The van der Waals surface area contributed by atoms with Crippen LogP contribution in [0.15, 0.2) is 30.3 Å². The monoisotopic (exact) mass is 349 g/mol. The molecule has 0 radical (unpaired) electrons. The number of aryl methyl sites for hydroxylation is 1. The van der Waals surface area contributed by atoms with Crippen LogP contribution >= 0.6 is 11.3 Å². The molecular weight excluding hydrogens is 329 g/mol. The fourth-order valence-corrected chi connectivity index (χ4v) is 3.15. The molecule has 0 aliphatic carbocycles. The molecule has 1 aromatic heterocycles. The van der Waals surface area contributed by atoms with Gasteiger partial charge in [-0.3, -0.25) is 9.59 Å². The third-order valence-corrected chi connectivity index (χ3v) is 4.96. The predicted octanol–water partition coefficient (Wildman–Crippen LogP) is 4.09. The molecule has 1 amide bonds. The van der Waals surface area contributed by atoms with E-state index in [2.05, 4.69) is 5.32 Å². The standard InChI is InChI=1S/C18H20FNO3S/c1-11-14(12-4-6-13(19)7-5-12)10-15(24-11)16(21)20-9-8-18(2,3)17(22)23/h4-7,10H,8-9H2,1-3H3,(H,20,21)(H,22,23). The van der Waals surface area contributed by atoms with Crippen molar-refractivity contribution in [2.24, 2.45) is 5.41 Å². The first-order valence-corrected chi connectivity index (χ1v) is 8.40. The van der Waals surface area contributed by atoms with Crippen LogP contribution < -0.4 is 5.32 Å². The highest BCUT2D eigenvalue weighted by Crippen LogP contribution is 2.31. The van der Waals surface area contributed by atoms with Crippen molar-refractivity contribution in [1.82, 2.24) is 5.32 Å². The van der Waals surface area contributed by atoms with Crippen molar-refractivity contribution in [1.29, 1.82) is 0 Å². The summed E-state index contributed by atoms with van der Waals surface area (Å²) in [5.74, 6) is -1.41. The lowest BCUT2D eigenvalue weighted by atomic mass is 9.90. The molecule has 0 atom stereocenters. The molecule has 1 heterocycles. The van der Waals surface area contributed by atoms with Crippen LogP contribution in [-0.4, -0.2) is 23.5 Å². The van der Waals surface area contributed by atoms with Gasteiger partial charge in [0.15, 0.2) is 0 Å². The Kier molecular flexibility index (Phi) is 5.39. The number of hydrogen-bond acceptors (Lipinski definition) is 3. The van der Waals surface area contributed by atoms with Crippen LogP contribution in [0.3, 0.4) is 0 Å². The van der Waals surface area contributed by atoms with Crippen LogP contribution in [0.1, 0.15) is 34.8 Å². The van der Waals surface area contributed by atoms with Crippen LogP contribution in [0, 0.1) is 18.2 Å². The summed E-state index contributed by atoms with van der Waals surface area (Å²) in [6.45, 7) is 5.46. The van der Waals surface area contributed by atoms with Gasteiger partial charge in [-0.15, -0.1) is 11.3 Å². The summed E-state index contributed by atoms with van der Waals surface area (Å²) in [5, 5.41) is 11.8. The molecule has 2 N–H and O–H groups in total. The Labute approximate surface area is 144 Å². The molecule has 0 spiro atoms. The maximum absolute atomic E-state index is 13.0. The number of rotatable bonds is 6. The minimum atomic E-state index is -0.887. The fraction of sp³-hybridized carbons (Fsp3) is 0.333. The number of carboxylic acids is 1. The molecule has 0 fully saturated rings. The quantitative estimate of drug-likeness (QED) is 0.825. The van der Waals surface area contributed by atoms with Crippen molar-refractivity contribution in [2.45, 2.75) is 27.2 Å². The van der Waals surface area contributed by atoms with Gasteiger partial charge in [0, 0.05) is 11.4 Å². The molecule has 0 aliphatic rings. The van der Waals surface area contributed by atoms with E-state index in [-0.39, 0.29) is 11.7 Å². The molecule has 2 aromatic rings. The average Bonchev–Trinajstić information content (AvgIpc) is 2.89. The highest BCUT2D eigenvalue weighted by atomic mass is 32.1. The summed E-state index contributed by atoms with van der Waals surface area (Å²) in [6.07, 6.45) is 0.350. The zero-order valence-electron chi connectivity index (χ0n) is 13.9. The summed E-state index contributed by atoms with van der Waals surface area (Å²) < 4.78 is 13.0. The SMILES string of the molecule is Cc1sc(C(=O)NCCC(C)(C)C(=O)O)cc1-c1ccc(F)cc1. The number of aliphatic carboxylic acids is 1. The van der Waals surface area contributed by atoms with Crippen molar-refractivity contribution in [3.63, 3.8) is 0 Å². The van der Waals surface area contributed by atoms with Crippen LogP contribution in [0.2, 0.25) is 0 Å². The van der Waals surface area contributed by atoms with Crippen molar-refractivity contribution < 1.29 is 19.1 Å². The van der Waals surface area contributed by atoms with E-state index in [0.29, 0.717) is 17.8 Å². The van der Waals surface area contributed by atoms with Gasteiger partial charge in [0.25, 0.3) is 5.91 Å². The van der Waals surface area contributed by atoms with E-state index in [1.54, 1.807) is 32.0 Å².